The summed E-state index contributed by atoms with van der Waals surface area (Å²) in [5.74, 6) is -0.453. The van der Waals surface area contributed by atoms with Gasteiger partial charge in [0.2, 0.25) is 11.9 Å². The number of hydrogen-bond donors (Lipinski definition) is 1. The number of anilines is 1. The summed E-state index contributed by atoms with van der Waals surface area (Å²) in [4.78, 5) is 27.6. The molecule has 2 heterocycles. The molecular weight excluding hydrogens is 246 g/mol. The van der Waals surface area contributed by atoms with Crippen LogP contribution in [0.5, 0.6) is 0 Å². The van der Waals surface area contributed by atoms with Gasteiger partial charge < -0.3 is 9.30 Å². The largest absolute Gasteiger partial charge is 0.469 e. The number of hydrogen-bond acceptors (Lipinski definition) is 4. The van der Waals surface area contributed by atoms with Crippen LogP contribution in [0.25, 0.3) is 11.0 Å². The van der Waals surface area contributed by atoms with E-state index in [-0.39, 0.29) is 18.3 Å². The molecule has 0 radical (unpaired) electrons. The lowest BCUT2D eigenvalue weighted by Gasteiger charge is -2.23. The van der Waals surface area contributed by atoms with Crippen LogP contribution < -0.4 is 5.32 Å². The van der Waals surface area contributed by atoms with E-state index >= 15 is 0 Å². The molecule has 2 aromatic rings. The summed E-state index contributed by atoms with van der Waals surface area (Å²) in [6.07, 6.45) is 0.0777. The Morgan fingerprint density at radius 3 is 3.11 bits per heavy atom. The second kappa shape index (κ2) is 4.38. The number of amides is 1. The molecule has 1 aromatic heterocycles. The molecule has 1 amide bonds. The summed E-state index contributed by atoms with van der Waals surface area (Å²) < 4.78 is 6.54. The number of carbonyl (C=O) groups is 2. The Kier molecular flexibility index (Phi) is 2.70. The molecule has 6 nitrogen and oxygen atoms in total. The van der Waals surface area contributed by atoms with Gasteiger partial charge in [-0.3, -0.25) is 14.9 Å². The minimum Gasteiger partial charge on any atom is -0.469 e. The minimum absolute atomic E-state index is 0.0777. The molecule has 98 valence electrons. The fourth-order valence-electron chi connectivity index (χ4n) is 2.31. The van der Waals surface area contributed by atoms with Gasteiger partial charge in [0.05, 0.1) is 30.5 Å². The SMILES string of the molecule is COC(=O)C[C@@H]1Cn2c(nc3ccccc32)NC1=O. The van der Waals surface area contributed by atoms with Crippen molar-refractivity contribution in [2.24, 2.45) is 5.92 Å². The first-order valence-corrected chi connectivity index (χ1v) is 6.02. The fraction of sp³-hybridized carbons (Fsp3) is 0.308. The van der Waals surface area contributed by atoms with Gasteiger partial charge in [0, 0.05) is 6.54 Å². The van der Waals surface area contributed by atoms with Crippen molar-refractivity contribution in [2.45, 2.75) is 13.0 Å². The second-order valence-corrected chi connectivity index (χ2v) is 4.50. The van der Waals surface area contributed by atoms with Crippen LogP contribution in [0.15, 0.2) is 24.3 Å². The van der Waals surface area contributed by atoms with Crippen LogP contribution in [0, 0.1) is 5.92 Å². The van der Waals surface area contributed by atoms with Crippen LogP contribution in [-0.2, 0) is 20.9 Å². The van der Waals surface area contributed by atoms with Gasteiger partial charge in [-0.15, -0.1) is 0 Å². The molecule has 1 aliphatic rings. The zero-order valence-corrected chi connectivity index (χ0v) is 10.4. The predicted octanol–water partition coefficient (Wildman–Crippen LogP) is 1.17. The van der Waals surface area contributed by atoms with Gasteiger partial charge >= 0.3 is 5.97 Å². The van der Waals surface area contributed by atoms with Gasteiger partial charge in [0.25, 0.3) is 0 Å². The summed E-state index contributed by atoms with van der Waals surface area (Å²) in [5.41, 5.74) is 1.78. The van der Waals surface area contributed by atoms with E-state index in [9.17, 15) is 9.59 Å². The van der Waals surface area contributed by atoms with Gasteiger partial charge in [-0.2, -0.15) is 0 Å². The standard InChI is InChI=1S/C13H13N3O3/c1-19-11(17)6-8-7-16-10-5-3-2-4-9(10)14-13(16)15-12(8)18/h2-5,8H,6-7H2,1H3,(H,14,15,18)/t8-/m1/s1. The molecule has 1 atom stereocenters. The molecule has 0 unspecified atom stereocenters. The summed E-state index contributed by atoms with van der Waals surface area (Å²) in [7, 11) is 1.32. The predicted molar refractivity (Wildman–Crippen MR) is 68.5 cm³/mol. The number of carbonyl (C=O) groups excluding carboxylic acids is 2. The highest BCUT2D eigenvalue weighted by atomic mass is 16.5. The summed E-state index contributed by atoms with van der Waals surface area (Å²) in [5, 5.41) is 2.73. The van der Waals surface area contributed by atoms with Crippen molar-refractivity contribution in [1.82, 2.24) is 9.55 Å². The molecule has 0 saturated carbocycles. The minimum atomic E-state index is -0.419. The van der Waals surface area contributed by atoms with E-state index in [1.54, 1.807) is 0 Å². The molecule has 0 bridgehead atoms. The normalized spacial score (nSPS) is 17.9. The maximum Gasteiger partial charge on any atom is 0.306 e. The molecule has 0 aliphatic carbocycles. The molecule has 3 rings (SSSR count). The number of nitrogens with zero attached hydrogens (tertiary/aromatic N) is 2. The first-order chi connectivity index (χ1) is 9.19. The smallest absolute Gasteiger partial charge is 0.306 e. The quantitative estimate of drug-likeness (QED) is 0.821. The van der Waals surface area contributed by atoms with Gasteiger partial charge in [0.1, 0.15) is 0 Å². The Morgan fingerprint density at radius 2 is 2.32 bits per heavy atom. The molecule has 1 aliphatic heterocycles. The molecule has 0 saturated heterocycles. The van der Waals surface area contributed by atoms with Crippen molar-refractivity contribution in [3.63, 3.8) is 0 Å². The number of benzene rings is 1. The maximum atomic E-state index is 11.9. The van der Waals surface area contributed by atoms with E-state index in [1.165, 1.54) is 7.11 Å². The highest BCUT2D eigenvalue weighted by Crippen LogP contribution is 2.26. The Hall–Kier alpha value is -2.37. The number of aromatic nitrogens is 2. The highest BCUT2D eigenvalue weighted by molar-refractivity contribution is 5.96. The average Bonchev–Trinajstić information content (AvgIpc) is 2.76. The number of rotatable bonds is 2. The van der Waals surface area contributed by atoms with Gasteiger partial charge in [-0.1, -0.05) is 12.1 Å². The Morgan fingerprint density at radius 1 is 1.53 bits per heavy atom. The monoisotopic (exact) mass is 259 g/mol. The topological polar surface area (TPSA) is 73.2 Å². The number of para-hydroxylation sites is 2. The van der Waals surface area contributed by atoms with E-state index < -0.39 is 5.92 Å². The third-order valence-electron chi connectivity index (χ3n) is 3.30. The summed E-state index contributed by atoms with van der Waals surface area (Å²) in [6, 6.07) is 7.65. The maximum absolute atomic E-state index is 11.9. The van der Waals surface area contributed by atoms with Crippen molar-refractivity contribution in [3.8, 4) is 0 Å². The zero-order chi connectivity index (χ0) is 13.4. The fourth-order valence-corrected chi connectivity index (χ4v) is 2.31. The molecular formula is C13H13N3O3. The lowest BCUT2D eigenvalue weighted by atomic mass is 10.0. The van der Waals surface area contributed by atoms with Crippen LogP contribution in [0.1, 0.15) is 6.42 Å². The van der Waals surface area contributed by atoms with Crippen LogP contribution >= 0.6 is 0 Å². The first-order valence-electron chi connectivity index (χ1n) is 6.02. The van der Waals surface area contributed by atoms with Gasteiger partial charge in [0.15, 0.2) is 0 Å². The van der Waals surface area contributed by atoms with Crippen molar-refractivity contribution in [1.29, 1.82) is 0 Å². The molecule has 19 heavy (non-hydrogen) atoms. The highest BCUT2D eigenvalue weighted by Gasteiger charge is 2.30. The number of ether oxygens (including phenoxy) is 1. The Labute approximate surface area is 109 Å². The molecule has 1 N–H and O–H groups in total. The second-order valence-electron chi connectivity index (χ2n) is 4.50. The number of fused-ring (bicyclic) bond motifs is 3. The molecule has 0 fully saturated rings. The number of methoxy groups -OCH3 is 1. The lowest BCUT2D eigenvalue weighted by molar-refractivity contribution is -0.143. The lowest BCUT2D eigenvalue weighted by Crippen LogP contribution is -2.35. The van der Waals surface area contributed by atoms with E-state index in [2.05, 4.69) is 15.0 Å². The Bertz CT molecular complexity index is 662. The van der Waals surface area contributed by atoms with E-state index in [1.807, 2.05) is 28.8 Å². The van der Waals surface area contributed by atoms with Crippen LogP contribution in [0.2, 0.25) is 0 Å². The summed E-state index contributed by atoms with van der Waals surface area (Å²) >= 11 is 0. The molecule has 0 spiro atoms. The van der Waals surface area contributed by atoms with E-state index in [0.29, 0.717) is 12.5 Å². The summed E-state index contributed by atoms with van der Waals surface area (Å²) in [6.45, 7) is 0.441. The van der Waals surface area contributed by atoms with Crippen molar-refractivity contribution < 1.29 is 14.3 Å². The van der Waals surface area contributed by atoms with Crippen LogP contribution in [0.3, 0.4) is 0 Å². The van der Waals surface area contributed by atoms with Gasteiger partial charge in [-0.25, -0.2) is 4.98 Å². The number of esters is 1. The van der Waals surface area contributed by atoms with Crippen molar-refractivity contribution in [2.75, 3.05) is 12.4 Å². The third-order valence-corrected chi connectivity index (χ3v) is 3.30. The van der Waals surface area contributed by atoms with Crippen LogP contribution in [-0.4, -0.2) is 28.5 Å². The van der Waals surface area contributed by atoms with Crippen LogP contribution in [0.4, 0.5) is 5.95 Å². The zero-order valence-electron chi connectivity index (χ0n) is 10.4. The Balaban J connectivity index is 1.96. The number of nitrogens with one attached hydrogen (secondary N) is 1. The van der Waals surface area contributed by atoms with E-state index in [4.69, 9.17) is 0 Å². The third kappa shape index (κ3) is 1.95. The van der Waals surface area contributed by atoms with Crippen molar-refractivity contribution >= 4 is 28.9 Å². The molecule has 6 heteroatoms. The van der Waals surface area contributed by atoms with Crippen molar-refractivity contribution in [3.05, 3.63) is 24.3 Å². The first kappa shape index (κ1) is 11.7. The molecule has 1 aromatic carbocycles. The van der Waals surface area contributed by atoms with E-state index in [0.717, 1.165) is 11.0 Å². The number of imidazole rings is 1. The average molecular weight is 259 g/mol. The van der Waals surface area contributed by atoms with Gasteiger partial charge in [-0.05, 0) is 12.1 Å².